The van der Waals surface area contributed by atoms with Crippen LogP contribution in [0.25, 0.3) is 0 Å². The average molecular weight is 279 g/mol. The highest BCUT2D eigenvalue weighted by Gasteiger charge is 2.15. The van der Waals surface area contributed by atoms with Crippen molar-refractivity contribution in [3.63, 3.8) is 0 Å². The summed E-state index contributed by atoms with van der Waals surface area (Å²) in [6.07, 6.45) is 4.28. The molecule has 0 radical (unpaired) electrons. The fourth-order valence-corrected chi connectivity index (χ4v) is 1.33. The van der Waals surface area contributed by atoms with Crippen LogP contribution in [-0.4, -0.2) is 33.6 Å². The molecule has 102 valence electrons. The Morgan fingerprint density at radius 1 is 1.78 bits per heavy atom. The molecule has 0 saturated carbocycles. The van der Waals surface area contributed by atoms with Gasteiger partial charge in [-0.2, -0.15) is 0 Å². The Bertz CT molecular complexity index is 421. The monoisotopic (exact) mass is 278 g/mol. The molecule has 1 aromatic heterocycles. The quantitative estimate of drug-likeness (QED) is 0.195. The van der Waals surface area contributed by atoms with E-state index in [1.807, 2.05) is 0 Å². The molecule has 0 bridgehead atoms. The number of nitro groups is 1. The zero-order valence-electron chi connectivity index (χ0n) is 10.1. The van der Waals surface area contributed by atoms with E-state index < -0.39 is 11.0 Å². The van der Waals surface area contributed by atoms with Crippen LogP contribution in [0.4, 0.5) is 0 Å². The van der Waals surface area contributed by atoms with Crippen molar-refractivity contribution in [2.24, 2.45) is 12.2 Å². The zero-order chi connectivity index (χ0) is 12.8. The molecule has 1 heterocycles. The van der Waals surface area contributed by atoms with E-state index in [1.165, 1.54) is 6.21 Å². The molecule has 1 rings (SSSR count). The van der Waals surface area contributed by atoms with Gasteiger partial charge in [0, 0.05) is 4.92 Å². The fraction of sp³-hybridized carbons (Fsp3) is 0.556. The van der Waals surface area contributed by atoms with Gasteiger partial charge in [-0.25, -0.2) is 9.13 Å². The van der Waals surface area contributed by atoms with Gasteiger partial charge in [0.25, 0.3) is 0 Å². The lowest BCUT2D eigenvalue weighted by Crippen LogP contribution is -3.00. The Labute approximate surface area is 110 Å². The summed E-state index contributed by atoms with van der Waals surface area (Å²) in [4.78, 5) is 9.83. The second-order valence-electron chi connectivity index (χ2n) is 3.60. The Morgan fingerprint density at radius 2 is 2.44 bits per heavy atom. The number of hydrogen-bond acceptors (Lipinski definition) is 5. The lowest BCUT2D eigenvalue weighted by Gasteiger charge is -2.06. The van der Waals surface area contributed by atoms with Gasteiger partial charge in [0.15, 0.2) is 12.9 Å². The highest BCUT2D eigenvalue weighted by atomic mass is 35.5. The molecule has 0 saturated heterocycles. The lowest BCUT2D eigenvalue weighted by molar-refractivity contribution is -0.672. The van der Waals surface area contributed by atoms with Crippen LogP contribution in [0.2, 0.25) is 0 Å². The van der Waals surface area contributed by atoms with E-state index in [2.05, 4.69) is 5.16 Å². The van der Waals surface area contributed by atoms with Crippen LogP contribution in [0, 0.1) is 10.1 Å². The molecular weight excluding hydrogens is 264 g/mol. The highest BCUT2D eigenvalue weighted by molar-refractivity contribution is 5.72. The number of hydrogen-bond donors (Lipinski definition) is 1. The number of oxime groups is 1. The van der Waals surface area contributed by atoms with E-state index in [9.17, 15) is 10.1 Å². The van der Waals surface area contributed by atoms with Crippen LogP contribution in [0.1, 0.15) is 12.7 Å². The first-order valence-corrected chi connectivity index (χ1v) is 5.00. The maximum atomic E-state index is 10.3. The summed E-state index contributed by atoms with van der Waals surface area (Å²) in [5, 5.41) is 21.7. The number of nitrogens with zero attached hydrogens (tertiary/aromatic N) is 4. The summed E-state index contributed by atoms with van der Waals surface area (Å²) in [6.45, 7) is 1.56. The fourth-order valence-electron chi connectivity index (χ4n) is 1.33. The number of aromatic nitrogens is 2. The summed E-state index contributed by atoms with van der Waals surface area (Å²) in [5.41, 5.74) is 0. The first-order valence-electron chi connectivity index (χ1n) is 5.00. The Balaban J connectivity index is 0.00000289. The molecular formula is C9H15ClN4O4. The molecule has 0 fully saturated rings. The molecule has 8 nitrogen and oxygen atoms in total. The molecule has 0 aliphatic heterocycles. The number of rotatable bonds is 6. The predicted molar refractivity (Wildman–Crippen MR) is 57.4 cm³/mol. The minimum absolute atomic E-state index is 0. The standard InChI is InChI=1S/C9H14N4O4.ClH/c1-8(6-13(15)16)17-7-12-4-3-11(2)9(12)5-10-14;/h3-5,8H,6-7H2,1-2H3;1H. The third-order valence-corrected chi connectivity index (χ3v) is 2.20. The van der Waals surface area contributed by atoms with E-state index in [0.29, 0.717) is 5.82 Å². The van der Waals surface area contributed by atoms with Crippen molar-refractivity contribution in [3.8, 4) is 0 Å². The van der Waals surface area contributed by atoms with Gasteiger partial charge in [-0.05, 0) is 6.92 Å². The van der Waals surface area contributed by atoms with Crippen LogP contribution in [0.15, 0.2) is 17.5 Å². The molecule has 1 N–H and O–H groups in total. The van der Waals surface area contributed by atoms with Crippen molar-refractivity contribution < 1.29 is 31.8 Å². The summed E-state index contributed by atoms with van der Waals surface area (Å²) in [7, 11) is 1.79. The molecule has 0 spiro atoms. The maximum Gasteiger partial charge on any atom is 0.305 e. The van der Waals surface area contributed by atoms with Gasteiger partial charge in [0.2, 0.25) is 6.54 Å². The van der Waals surface area contributed by atoms with E-state index in [1.54, 1.807) is 35.5 Å². The van der Waals surface area contributed by atoms with Crippen LogP contribution in [0.3, 0.4) is 0 Å². The van der Waals surface area contributed by atoms with Gasteiger partial charge >= 0.3 is 5.82 Å². The van der Waals surface area contributed by atoms with E-state index >= 15 is 0 Å². The predicted octanol–water partition coefficient (Wildman–Crippen LogP) is -3.24. The van der Waals surface area contributed by atoms with Crippen molar-refractivity contribution >= 4 is 6.21 Å². The molecule has 1 aromatic rings. The Morgan fingerprint density at radius 3 is 3.00 bits per heavy atom. The third kappa shape index (κ3) is 4.68. The molecule has 9 heteroatoms. The van der Waals surface area contributed by atoms with Crippen LogP contribution in [-0.2, 0) is 18.5 Å². The minimum Gasteiger partial charge on any atom is -1.00 e. The molecule has 1 atom stereocenters. The summed E-state index contributed by atoms with van der Waals surface area (Å²) >= 11 is 0. The van der Waals surface area contributed by atoms with Crippen molar-refractivity contribution in [1.29, 1.82) is 0 Å². The lowest BCUT2D eigenvalue weighted by atomic mass is 10.4. The summed E-state index contributed by atoms with van der Waals surface area (Å²) in [6, 6.07) is 0. The van der Waals surface area contributed by atoms with Gasteiger partial charge in [-0.1, -0.05) is 5.16 Å². The van der Waals surface area contributed by atoms with Gasteiger partial charge in [0.05, 0.1) is 7.05 Å². The number of imidazole rings is 1. The number of ether oxygens (including phenoxy) is 1. The number of halogens is 1. The SMILES string of the molecule is CC(C[N+](=O)[O-])OCn1cc[n+](C)c1/C=N/O.[Cl-]. The first-order chi connectivity index (χ1) is 8.04. The van der Waals surface area contributed by atoms with Crippen molar-refractivity contribution in [2.75, 3.05) is 6.54 Å². The zero-order valence-corrected chi connectivity index (χ0v) is 10.8. The molecule has 0 aliphatic rings. The van der Waals surface area contributed by atoms with Crippen molar-refractivity contribution in [2.45, 2.75) is 19.8 Å². The average Bonchev–Trinajstić information content (AvgIpc) is 2.57. The highest BCUT2D eigenvalue weighted by Crippen LogP contribution is 1.98. The molecule has 1 unspecified atom stereocenters. The van der Waals surface area contributed by atoms with Crippen molar-refractivity contribution in [1.82, 2.24) is 4.57 Å². The van der Waals surface area contributed by atoms with Crippen LogP contribution < -0.4 is 17.0 Å². The topological polar surface area (TPSA) is 93.8 Å². The Kier molecular flexibility index (Phi) is 6.91. The second kappa shape index (κ2) is 7.62. The second-order valence-corrected chi connectivity index (χ2v) is 3.60. The molecule has 0 aromatic carbocycles. The van der Waals surface area contributed by atoms with Gasteiger partial charge < -0.3 is 22.4 Å². The Hall–Kier alpha value is -1.67. The molecule has 0 amide bonds. The normalized spacial score (nSPS) is 12.3. The molecule has 0 aliphatic carbocycles. The first kappa shape index (κ1) is 16.3. The number of aryl methyl sites for hydroxylation is 1. The van der Waals surface area contributed by atoms with Crippen LogP contribution in [0.5, 0.6) is 0 Å². The molecule has 18 heavy (non-hydrogen) atoms. The minimum atomic E-state index is -0.475. The summed E-state index contributed by atoms with van der Waals surface area (Å²) in [5.74, 6) is 0.626. The van der Waals surface area contributed by atoms with Gasteiger partial charge in [-0.3, -0.25) is 10.1 Å². The van der Waals surface area contributed by atoms with Gasteiger partial charge in [0.1, 0.15) is 18.5 Å². The summed E-state index contributed by atoms with van der Waals surface area (Å²) < 4.78 is 8.72. The smallest absolute Gasteiger partial charge is 0.305 e. The van der Waals surface area contributed by atoms with E-state index in [0.717, 1.165) is 0 Å². The van der Waals surface area contributed by atoms with E-state index in [-0.39, 0.29) is 25.7 Å². The van der Waals surface area contributed by atoms with Gasteiger partial charge in [-0.15, -0.1) is 0 Å². The van der Waals surface area contributed by atoms with E-state index in [4.69, 9.17) is 9.94 Å². The van der Waals surface area contributed by atoms with Crippen molar-refractivity contribution in [3.05, 3.63) is 28.3 Å². The maximum absolute atomic E-state index is 10.3. The third-order valence-electron chi connectivity index (χ3n) is 2.20. The largest absolute Gasteiger partial charge is 1.00 e. The van der Waals surface area contributed by atoms with Crippen LogP contribution >= 0.6 is 0 Å².